The van der Waals surface area contributed by atoms with Crippen molar-refractivity contribution in [3.8, 4) is 0 Å². The van der Waals surface area contributed by atoms with E-state index in [0.29, 0.717) is 18.7 Å². The minimum Gasteiger partial charge on any atom is -0.378 e. The summed E-state index contributed by atoms with van der Waals surface area (Å²) in [7, 11) is 0.543. The summed E-state index contributed by atoms with van der Waals surface area (Å²) >= 11 is 0. The number of nitrogens with one attached hydrogen (secondary N) is 1. The van der Waals surface area contributed by atoms with Crippen molar-refractivity contribution in [1.82, 2.24) is 5.32 Å². The largest absolute Gasteiger partial charge is 0.378 e. The number of carbonyl (C=O) groups is 1. The topological polar surface area (TPSA) is 69.7 Å². The van der Waals surface area contributed by atoms with Gasteiger partial charge >= 0.3 is 0 Å². The Kier molecular flexibility index (Phi) is 7.67. The van der Waals surface area contributed by atoms with E-state index in [9.17, 15) is 13.2 Å². The fourth-order valence-corrected chi connectivity index (χ4v) is 4.11. The van der Waals surface area contributed by atoms with Gasteiger partial charge in [-0.2, -0.15) is 0 Å². The van der Waals surface area contributed by atoms with E-state index in [-0.39, 0.29) is 18.9 Å². The standard InChI is InChI=1S/C22H31N3O3S/c1-17-13-18(2)15-21(14-17)25(29(5,27)28)12-6-7-22(26)23-16-19-8-10-20(11-9-19)24(3)4/h8-11,13-15H,6-7,12,16H2,1-5H3,(H,23,26). The van der Waals surface area contributed by atoms with Gasteiger partial charge in [0.1, 0.15) is 0 Å². The maximum absolute atomic E-state index is 12.2. The Morgan fingerprint density at radius 2 is 1.55 bits per heavy atom. The first-order chi connectivity index (χ1) is 13.6. The molecule has 0 spiro atoms. The van der Waals surface area contributed by atoms with Crippen molar-refractivity contribution in [2.45, 2.75) is 33.2 Å². The Balaban J connectivity index is 1.89. The van der Waals surface area contributed by atoms with Gasteiger partial charge in [-0.3, -0.25) is 9.10 Å². The van der Waals surface area contributed by atoms with Gasteiger partial charge in [0.05, 0.1) is 11.9 Å². The van der Waals surface area contributed by atoms with Crippen LogP contribution in [0.2, 0.25) is 0 Å². The Bertz CT molecular complexity index is 918. The van der Waals surface area contributed by atoms with Crippen molar-refractivity contribution >= 4 is 27.3 Å². The maximum atomic E-state index is 12.2. The first-order valence-corrected chi connectivity index (χ1v) is 11.5. The second-order valence-corrected chi connectivity index (χ2v) is 9.53. The van der Waals surface area contributed by atoms with Crippen molar-refractivity contribution in [1.29, 1.82) is 0 Å². The van der Waals surface area contributed by atoms with E-state index in [2.05, 4.69) is 5.32 Å². The molecule has 0 heterocycles. The van der Waals surface area contributed by atoms with Crippen LogP contribution < -0.4 is 14.5 Å². The first-order valence-electron chi connectivity index (χ1n) is 9.65. The second-order valence-electron chi connectivity index (χ2n) is 7.62. The van der Waals surface area contributed by atoms with Gasteiger partial charge in [0.25, 0.3) is 0 Å². The third-order valence-electron chi connectivity index (χ3n) is 4.60. The van der Waals surface area contributed by atoms with Crippen LogP contribution in [0.1, 0.15) is 29.5 Å². The molecule has 0 saturated carbocycles. The molecule has 6 nitrogen and oxygen atoms in total. The lowest BCUT2D eigenvalue weighted by Crippen LogP contribution is -2.32. The van der Waals surface area contributed by atoms with Gasteiger partial charge in [0.2, 0.25) is 15.9 Å². The van der Waals surface area contributed by atoms with Gasteiger partial charge in [-0.1, -0.05) is 18.2 Å². The molecule has 1 amide bonds. The van der Waals surface area contributed by atoms with Crippen LogP contribution in [0.4, 0.5) is 11.4 Å². The van der Waals surface area contributed by atoms with Gasteiger partial charge in [-0.25, -0.2) is 8.42 Å². The molecule has 29 heavy (non-hydrogen) atoms. The van der Waals surface area contributed by atoms with Crippen molar-refractivity contribution in [2.75, 3.05) is 36.1 Å². The Labute approximate surface area is 174 Å². The van der Waals surface area contributed by atoms with Crippen LogP contribution in [0.15, 0.2) is 42.5 Å². The lowest BCUT2D eigenvalue weighted by molar-refractivity contribution is -0.121. The number of carbonyl (C=O) groups excluding carboxylic acids is 1. The molecule has 0 radical (unpaired) electrons. The average Bonchev–Trinajstić information content (AvgIpc) is 2.62. The fourth-order valence-electron chi connectivity index (χ4n) is 3.17. The number of amides is 1. The molecule has 2 aromatic carbocycles. The molecule has 0 aliphatic heterocycles. The molecule has 0 atom stereocenters. The SMILES string of the molecule is Cc1cc(C)cc(N(CCCC(=O)NCc2ccc(N(C)C)cc2)S(C)(=O)=O)c1. The van der Waals surface area contributed by atoms with Crippen LogP contribution >= 0.6 is 0 Å². The summed E-state index contributed by atoms with van der Waals surface area (Å²) < 4.78 is 25.9. The molecule has 7 heteroatoms. The molecule has 0 bridgehead atoms. The summed E-state index contributed by atoms with van der Waals surface area (Å²) in [6.07, 6.45) is 1.92. The molecule has 0 aromatic heterocycles. The molecular weight excluding hydrogens is 386 g/mol. The highest BCUT2D eigenvalue weighted by atomic mass is 32.2. The Hall–Kier alpha value is -2.54. The number of nitrogens with zero attached hydrogens (tertiary/aromatic N) is 2. The highest BCUT2D eigenvalue weighted by Gasteiger charge is 2.18. The van der Waals surface area contributed by atoms with E-state index in [0.717, 1.165) is 22.4 Å². The lowest BCUT2D eigenvalue weighted by Gasteiger charge is -2.23. The van der Waals surface area contributed by atoms with Gasteiger partial charge in [-0.05, 0) is 61.2 Å². The quantitative estimate of drug-likeness (QED) is 0.680. The number of benzene rings is 2. The molecule has 0 unspecified atom stereocenters. The zero-order chi connectivity index (χ0) is 21.6. The Morgan fingerprint density at radius 1 is 0.966 bits per heavy atom. The van der Waals surface area contributed by atoms with Gasteiger partial charge in [0, 0.05) is 39.3 Å². The Morgan fingerprint density at radius 3 is 2.07 bits per heavy atom. The molecular formula is C22H31N3O3S. The first kappa shape index (κ1) is 22.7. The summed E-state index contributed by atoms with van der Waals surface area (Å²) in [6, 6.07) is 13.7. The summed E-state index contributed by atoms with van der Waals surface area (Å²) in [6.45, 7) is 4.61. The number of sulfonamides is 1. The number of rotatable bonds is 9. The van der Waals surface area contributed by atoms with Crippen molar-refractivity contribution in [3.63, 3.8) is 0 Å². The molecule has 158 valence electrons. The smallest absolute Gasteiger partial charge is 0.232 e. The summed E-state index contributed by atoms with van der Waals surface area (Å²) in [5, 5.41) is 2.90. The highest BCUT2D eigenvalue weighted by Crippen LogP contribution is 2.22. The fraction of sp³-hybridized carbons (Fsp3) is 0.409. The molecule has 2 rings (SSSR count). The number of hydrogen-bond donors (Lipinski definition) is 1. The minimum absolute atomic E-state index is 0.0874. The van der Waals surface area contributed by atoms with Crippen molar-refractivity contribution in [2.24, 2.45) is 0 Å². The molecule has 0 fully saturated rings. The summed E-state index contributed by atoms with van der Waals surface area (Å²) in [5.74, 6) is -0.0874. The monoisotopic (exact) mass is 417 g/mol. The van der Waals surface area contributed by atoms with Crippen molar-refractivity contribution < 1.29 is 13.2 Å². The molecule has 1 N–H and O–H groups in total. The van der Waals surface area contributed by atoms with Crippen LogP contribution in [-0.4, -0.2) is 41.2 Å². The zero-order valence-corrected chi connectivity index (χ0v) is 18.7. The van der Waals surface area contributed by atoms with Crippen LogP contribution in [0, 0.1) is 13.8 Å². The summed E-state index contributed by atoms with van der Waals surface area (Å²) in [4.78, 5) is 14.2. The van der Waals surface area contributed by atoms with E-state index < -0.39 is 10.0 Å². The molecule has 0 saturated heterocycles. The second kappa shape index (κ2) is 9.78. The average molecular weight is 418 g/mol. The normalized spacial score (nSPS) is 11.2. The number of aryl methyl sites for hydroxylation is 2. The zero-order valence-electron chi connectivity index (χ0n) is 17.9. The molecule has 0 aliphatic carbocycles. The van der Waals surface area contributed by atoms with Crippen molar-refractivity contribution in [3.05, 3.63) is 59.2 Å². The van der Waals surface area contributed by atoms with Crippen LogP contribution in [0.5, 0.6) is 0 Å². The lowest BCUT2D eigenvalue weighted by atomic mass is 10.1. The van der Waals surface area contributed by atoms with E-state index in [4.69, 9.17) is 0 Å². The third-order valence-corrected chi connectivity index (χ3v) is 5.80. The van der Waals surface area contributed by atoms with Gasteiger partial charge < -0.3 is 10.2 Å². The maximum Gasteiger partial charge on any atom is 0.232 e. The predicted molar refractivity (Wildman–Crippen MR) is 120 cm³/mol. The minimum atomic E-state index is -3.42. The van der Waals surface area contributed by atoms with Gasteiger partial charge in [0.15, 0.2) is 0 Å². The predicted octanol–water partition coefficient (Wildman–Crippen LogP) is 3.23. The van der Waals surface area contributed by atoms with E-state index >= 15 is 0 Å². The number of hydrogen-bond acceptors (Lipinski definition) is 4. The van der Waals surface area contributed by atoms with Crippen LogP contribution in [0.25, 0.3) is 0 Å². The molecule has 0 aliphatic rings. The van der Waals surface area contributed by atoms with E-state index in [1.807, 2.05) is 75.3 Å². The molecule has 2 aromatic rings. The van der Waals surface area contributed by atoms with Crippen LogP contribution in [0.3, 0.4) is 0 Å². The van der Waals surface area contributed by atoms with Gasteiger partial charge in [-0.15, -0.1) is 0 Å². The van der Waals surface area contributed by atoms with E-state index in [1.54, 1.807) is 0 Å². The van der Waals surface area contributed by atoms with Crippen LogP contribution in [-0.2, 0) is 21.4 Å². The summed E-state index contributed by atoms with van der Waals surface area (Å²) in [5.41, 5.74) is 4.79. The van der Waals surface area contributed by atoms with E-state index in [1.165, 1.54) is 10.6 Å². The highest BCUT2D eigenvalue weighted by molar-refractivity contribution is 7.92. The third kappa shape index (κ3) is 7.09. The number of anilines is 2.